The number of amides is 2. The highest BCUT2D eigenvalue weighted by Crippen LogP contribution is 2.30. The molecule has 2 N–H and O–H groups in total. The molecule has 1 aromatic carbocycles. The number of nitrogens with one attached hydrogen (secondary N) is 2. The van der Waals surface area contributed by atoms with Crippen LogP contribution in [-0.2, 0) is 25.5 Å². The number of benzene rings is 1. The molecule has 41 heavy (non-hydrogen) atoms. The molecule has 1 aliphatic carbocycles. The summed E-state index contributed by atoms with van der Waals surface area (Å²) in [6.07, 6.45) is 13.5. The summed E-state index contributed by atoms with van der Waals surface area (Å²) in [6.45, 7) is 13.5. The Balaban J connectivity index is 2.26. The van der Waals surface area contributed by atoms with Crippen LogP contribution in [0.1, 0.15) is 123 Å². The van der Waals surface area contributed by atoms with E-state index >= 15 is 0 Å². The quantitative estimate of drug-likeness (QED) is 0.194. The third-order valence-corrected chi connectivity index (χ3v) is 7.99. The third kappa shape index (κ3) is 12.0. The summed E-state index contributed by atoms with van der Waals surface area (Å²) in [6, 6.07) is 8.17. The number of carbonyl (C=O) groups is 3. The number of hydrogen-bond acceptors (Lipinski definition) is 4. The van der Waals surface area contributed by atoms with Gasteiger partial charge in [-0.3, -0.25) is 14.4 Å². The Bertz CT molecular complexity index is 1000. The molecule has 1 aromatic rings. The predicted molar refractivity (Wildman–Crippen MR) is 168 cm³/mol. The largest absolute Gasteiger partial charge is 0.460 e. The highest BCUT2D eigenvalue weighted by atomic mass is 16.6. The van der Waals surface area contributed by atoms with E-state index in [2.05, 4.69) is 54.0 Å². The number of rotatable bonds is 13. The fourth-order valence-electron chi connectivity index (χ4n) is 5.53. The number of ether oxygens (including phenoxy) is 1. The number of hydrogen-bond donors (Lipinski definition) is 2. The number of likely N-dealkylation sites (N-methyl/N-ethyl adjacent to an activating group) is 1. The molecular weight excluding hydrogens is 512 g/mol. The number of esters is 1. The molecule has 0 radical (unpaired) electrons. The van der Waals surface area contributed by atoms with E-state index in [4.69, 9.17) is 4.74 Å². The molecule has 0 aromatic heterocycles. The summed E-state index contributed by atoms with van der Waals surface area (Å²) in [4.78, 5) is 39.7. The lowest BCUT2D eigenvalue weighted by Gasteiger charge is -2.32. The molecule has 0 bridgehead atoms. The molecule has 2 amide bonds. The zero-order valence-electron chi connectivity index (χ0n) is 27.0. The van der Waals surface area contributed by atoms with Crippen LogP contribution in [-0.4, -0.2) is 36.5 Å². The van der Waals surface area contributed by atoms with E-state index in [0.717, 1.165) is 32.1 Å². The first-order valence-electron chi connectivity index (χ1n) is 15.7. The Kier molecular flexibility index (Phi) is 13.6. The van der Waals surface area contributed by atoms with Crippen molar-refractivity contribution < 1.29 is 19.1 Å². The van der Waals surface area contributed by atoms with E-state index in [1.54, 1.807) is 7.05 Å². The molecule has 6 heteroatoms. The van der Waals surface area contributed by atoms with Crippen LogP contribution in [0.3, 0.4) is 0 Å². The normalized spacial score (nSPS) is 18.1. The maximum Gasteiger partial charge on any atom is 0.309 e. The molecule has 0 heterocycles. The average Bonchev–Trinajstić information content (AvgIpc) is 3.19. The van der Waals surface area contributed by atoms with E-state index in [-0.39, 0.29) is 23.7 Å². The topological polar surface area (TPSA) is 84.5 Å². The van der Waals surface area contributed by atoms with Gasteiger partial charge in [0.25, 0.3) is 0 Å². The van der Waals surface area contributed by atoms with E-state index in [9.17, 15) is 14.4 Å². The number of allylic oxidation sites excluding steroid dienone is 2. The first-order valence-corrected chi connectivity index (χ1v) is 15.7. The van der Waals surface area contributed by atoms with E-state index in [0.29, 0.717) is 25.2 Å². The van der Waals surface area contributed by atoms with Crippen molar-refractivity contribution in [3.05, 3.63) is 47.5 Å². The molecule has 6 nitrogen and oxygen atoms in total. The van der Waals surface area contributed by atoms with Crippen LogP contribution in [0, 0.1) is 17.3 Å². The highest BCUT2D eigenvalue weighted by molar-refractivity contribution is 5.89. The minimum Gasteiger partial charge on any atom is -0.460 e. The van der Waals surface area contributed by atoms with Crippen LogP contribution in [0.4, 0.5) is 0 Å². The Hall–Kier alpha value is -2.63. The van der Waals surface area contributed by atoms with Crippen molar-refractivity contribution in [1.29, 1.82) is 0 Å². The lowest BCUT2D eigenvalue weighted by atomic mass is 9.83. The van der Waals surface area contributed by atoms with Crippen LogP contribution < -0.4 is 10.6 Å². The molecule has 0 spiro atoms. The van der Waals surface area contributed by atoms with Gasteiger partial charge >= 0.3 is 5.97 Å². The molecule has 1 unspecified atom stereocenters. The molecule has 0 saturated carbocycles. The van der Waals surface area contributed by atoms with Crippen molar-refractivity contribution in [3.8, 4) is 0 Å². The van der Waals surface area contributed by atoms with Gasteiger partial charge in [0, 0.05) is 13.0 Å². The first kappa shape index (κ1) is 34.6. The van der Waals surface area contributed by atoms with Crippen LogP contribution >= 0.6 is 0 Å². The maximum absolute atomic E-state index is 13.8. The van der Waals surface area contributed by atoms with Gasteiger partial charge in [0.15, 0.2) is 0 Å². The van der Waals surface area contributed by atoms with Crippen LogP contribution in [0.2, 0.25) is 0 Å². The van der Waals surface area contributed by atoms with Crippen LogP contribution in [0.15, 0.2) is 36.4 Å². The van der Waals surface area contributed by atoms with Gasteiger partial charge in [-0.2, -0.15) is 0 Å². The summed E-state index contributed by atoms with van der Waals surface area (Å²) in [5, 5.41) is 5.73. The van der Waals surface area contributed by atoms with Crippen LogP contribution in [0.25, 0.3) is 0 Å². The van der Waals surface area contributed by atoms with Crippen LogP contribution in [0.5, 0.6) is 0 Å². The van der Waals surface area contributed by atoms with Gasteiger partial charge in [-0.15, -0.1) is 0 Å². The summed E-state index contributed by atoms with van der Waals surface area (Å²) in [7, 11) is 1.59. The van der Waals surface area contributed by atoms with Gasteiger partial charge in [-0.05, 0) is 94.6 Å². The second-order valence-corrected chi connectivity index (χ2v) is 13.8. The fourth-order valence-corrected chi connectivity index (χ4v) is 5.53. The summed E-state index contributed by atoms with van der Waals surface area (Å²) < 4.78 is 5.77. The third-order valence-electron chi connectivity index (χ3n) is 7.99. The van der Waals surface area contributed by atoms with E-state index in [1.165, 1.54) is 24.0 Å². The average molecular weight is 569 g/mol. The minimum absolute atomic E-state index is 0.180. The van der Waals surface area contributed by atoms with Gasteiger partial charge in [0.2, 0.25) is 11.8 Å². The summed E-state index contributed by atoms with van der Waals surface area (Å²) in [5.41, 5.74) is 1.50. The van der Waals surface area contributed by atoms with Gasteiger partial charge < -0.3 is 15.4 Å². The first-order chi connectivity index (χ1) is 19.2. The molecule has 230 valence electrons. The zero-order chi connectivity index (χ0) is 30.6. The molecule has 1 aliphatic rings. The van der Waals surface area contributed by atoms with Crippen molar-refractivity contribution in [1.82, 2.24) is 10.6 Å². The van der Waals surface area contributed by atoms with Gasteiger partial charge in [0.1, 0.15) is 11.6 Å². The van der Waals surface area contributed by atoms with Crippen molar-refractivity contribution in [2.45, 2.75) is 130 Å². The maximum atomic E-state index is 13.8. The van der Waals surface area contributed by atoms with E-state index < -0.39 is 23.0 Å². The highest BCUT2D eigenvalue weighted by Gasteiger charge is 2.36. The minimum atomic E-state index is -0.675. The smallest absolute Gasteiger partial charge is 0.309 e. The Morgan fingerprint density at radius 3 is 2.22 bits per heavy atom. The second-order valence-electron chi connectivity index (χ2n) is 13.8. The van der Waals surface area contributed by atoms with Crippen molar-refractivity contribution in [3.63, 3.8) is 0 Å². The molecule has 0 saturated heterocycles. The Morgan fingerprint density at radius 2 is 1.63 bits per heavy atom. The summed E-state index contributed by atoms with van der Waals surface area (Å²) >= 11 is 0. The monoisotopic (exact) mass is 568 g/mol. The number of aryl methyl sites for hydroxylation is 1. The molecule has 2 rings (SSSR count). The molecule has 0 fully saturated rings. The fraction of sp³-hybridized carbons (Fsp3) is 0.686. The lowest BCUT2D eigenvalue weighted by Crippen LogP contribution is -2.54. The Labute approximate surface area is 249 Å². The molecule has 0 aliphatic heterocycles. The second kappa shape index (κ2) is 16.1. The standard InChI is InChI=1S/C35H56N2O4/c1-9-10-15-29(33(40)41-35(5,6)7)24-28(31(38)37-30(32(39)36-8)34(2,3)4)23-20-25-18-21-27(22-19-25)26-16-13-11-12-14-17-26/h11,13,18-19,21-22,26,28-30H,9-10,12,14-17,20,23-24H2,1-8H3,(H,36,39)(H,37,38)/t26?,28-,29-,30-/m1/s1. The van der Waals surface area contributed by atoms with Crippen molar-refractivity contribution in [2.24, 2.45) is 17.3 Å². The van der Waals surface area contributed by atoms with Crippen molar-refractivity contribution >= 4 is 17.8 Å². The van der Waals surface area contributed by atoms with Gasteiger partial charge in [0.05, 0.1) is 5.92 Å². The number of unbranched alkanes of at least 4 members (excludes halogenated alkanes) is 1. The molecule has 4 atom stereocenters. The van der Waals surface area contributed by atoms with E-state index in [1.807, 2.05) is 41.5 Å². The van der Waals surface area contributed by atoms with Gasteiger partial charge in [-0.25, -0.2) is 0 Å². The van der Waals surface area contributed by atoms with Gasteiger partial charge in [-0.1, -0.05) is 77.0 Å². The predicted octanol–water partition coefficient (Wildman–Crippen LogP) is 7.26. The SMILES string of the molecule is CCCC[C@H](C[C@@H](CCc1ccc(C2CC=CCCC2)cc1)C(=O)N[C@H](C(=O)NC)C(C)(C)C)C(=O)OC(C)(C)C. The molecular formula is C35H56N2O4. The lowest BCUT2D eigenvalue weighted by molar-refractivity contribution is -0.161. The summed E-state index contributed by atoms with van der Waals surface area (Å²) in [5.74, 6) is -0.879. The van der Waals surface area contributed by atoms with Crippen molar-refractivity contribution in [2.75, 3.05) is 7.05 Å². The number of carbonyl (C=O) groups excluding carboxylic acids is 3. The zero-order valence-corrected chi connectivity index (χ0v) is 27.0. The Morgan fingerprint density at radius 1 is 0.951 bits per heavy atom.